The zero-order chi connectivity index (χ0) is 36.7. The molecule has 0 unspecified atom stereocenters. The summed E-state index contributed by atoms with van der Waals surface area (Å²) in [4.78, 5) is 46.7. The first-order chi connectivity index (χ1) is 25.0. The van der Waals surface area contributed by atoms with E-state index >= 15 is 4.39 Å². The Morgan fingerprint density at radius 1 is 1.08 bits per heavy atom. The normalized spacial score (nSPS) is 19.5. The Balaban J connectivity index is 1.17. The fraction of sp³-hybridized carbons (Fsp3) is 0.317. The van der Waals surface area contributed by atoms with E-state index in [0.29, 0.717) is 70.9 Å². The maximum Gasteiger partial charge on any atom is 0.274 e. The Kier molecular flexibility index (Phi) is 9.41. The maximum atomic E-state index is 15.3. The lowest BCUT2D eigenvalue weighted by Gasteiger charge is -2.34. The lowest BCUT2D eigenvalue weighted by molar-refractivity contribution is -0.128. The number of nitrogens with zero attached hydrogens (tertiary/aromatic N) is 4. The van der Waals surface area contributed by atoms with Crippen LogP contribution in [-0.2, 0) is 18.4 Å². The quantitative estimate of drug-likeness (QED) is 0.158. The first-order valence-electron chi connectivity index (χ1n) is 17.6. The van der Waals surface area contributed by atoms with Crippen LogP contribution in [0.4, 0.5) is 21.6 Å². The molecule has 0 bridgehead atoms. The first kappa shape index (κ1) is 35.0. The van der Waals surface area contributed by atoms with Crippen molar-refractivity contribution in [2.45, 2.75) is 64.1 Å². The monoisotopic (exact) mass is 703 g/mol. The number of benzene rings is 2. The molecule has 3 heterocycles. The van der Waals surface area contributed by atoms with Crippen molar-refractivity contribution in [2.24, 2.45) is 12.5 Å². The number of carbonyl (C=O) groups excluding carboxylic acids is 1. The number of halogens is 1. The van der Waals surface area contributed by atoms with Crippen LogP contribution in [0.25, 0.3) is 27.6 Å². The molecule has 0 aliphatic heterocycles. The number of pyridine rings is 3. The minimum absolute atomic E-state index is 0.00447. The SMILES string of the molecule is CN(C(=O)[C@]1(C)CC/C=C/[C@H](O)CC1)c1ccc(Nc2cc(-c3cccc(-n4ccc5cc(C6CC6)cc(F)c5c4=O)c3CO)cn(C)c2=O)nc1. The Bertz CT molecular complexity index is 2330. The molecule has 0 radical (unpaired) electrons. The highest BCUT2D eigenvalue weighted by atomic mass is 19.1. The molecular formula is C41H42FN5O5. The van der Waals surface area contributed by atoms with Crippen LogP contribution < -0.4 is 21.3 Å². The predicted molar refractivity (Wildman–Crippen MR) is 201 cm³/mol. The third-order valence-electron chi connectivity index (χ3n) is 10.5. The number of allylic oxidation sites excluding steroid dienone is 1. The van der Waals surface area contributed by atoms with Crippen molar-refractivity contribution >= 4 is 33.9 Å². The number of aliphatic hydroxyl groups is 2. The number of amides is 1. The standard InChI is InChI=1S/C41H42FN5O5/c1-41(16-5-4-7-30(49)14-17-41)40(52)46(3)29-12-13-36(43-22-29)44-34-21-28(23-45(2)38(34)50)31-8-6-9-35(32(31)24-48)47-18-15-26-19-27(25-10-11-25)20-33(42)37(26)39(47)51/h4,6-9,12-13,15,18-23,25,30,48-49H,5,10-11,14,16-17,24H2,1-3H3,(H,43,44)/b7-4+/t30-,41+/m0/s1. The largest absolute Gasteiger partial charge is 0.392 e. The molecule has 2 aromatic carbocycles. The second-order valence-electron chi connectivity index (χ2n) is 14.3. The van der Waals surface area contributed by atoms with Gasteiger partial charge in [0, 0.05) is 43.0 Å². The summed E-state index contributed by atoms with van der Waals surface area (Å²) in [5, 5.41) is 24.4. The van der Waals surface area contributed by atoms with Gasteiger partial charge in [0.05, 0.1) is 35.7 Å². The number of nitrogens with one attached hydrogen (secondary N) is 1. The molecule has 0 spiro atoms. The number of aryl methyl sites for hydroxylation is 1. The minimum Gasteiger partial charge on any atom is -0.392 e. The Morgan fingerprint density at radius 3 is 2.62 bits per heavy atom. The molecule has 7 rings (SSSR count). The van der Waals surface area contributed by atoms with Crippen LogP contribution in [0.3, 0.4) is 0 Å². The van der Waals surface area contributed by atoms with Crippen LogP contribution in [0.1, 0.15) is 62.5 Å². The van der Waals surface area contributed by atoms with E-state index in [4.69, 9.17) is 0 Å². The third kappa shape index (κ3) is 6.69. The molecule has 5 aromatic rings. The molecule has 3 aromatic heterocycles. The van der Waals surface area contributed by atoms with Crippen LogP contribution in [0.15, 0.2) is 94.9 Å². The summed E-state index contributed by atoms with van der Waals surface area (Å²) >= 11 is 0. The van der Waals surface area contributed by atoms with Crippen molar-refractivity contribution < 1.29 is 19.4 Å². The van der Waals surface area contributed by atoms with E-state index < -0.39 is 29.5 Å². The van der Waals surface area contributed by atoms with E-state index in [9.17, 15) is 24.6 Å². The average molecular weight is 704 g/mol. The fourth-order valence-corrected chi connectivity index (χ4v) is 7.25. The number of aromatic nitrogens is 3. The highest BCUT2D eigenvalue weighted by Crippen LogP contribution is 2.41. The first-order valence-corrected chi connectivity index (χ1v) is 17.6. The van der Waals surface area contributed by atoms with Gasteiger partial charge in [-0.25, -0.2) is 9.37 Å². The van der Waals surface area contributed by atoms with Gasteiger partial charge in [-0.05, 0) is 97.4 Å². The number of carbonyl (C=O) groups is 1. The van der Waals surface area contributed by atoms with Crippen molar-refractivity contribution in [2.75, 3.05) is 17.3 Å². The van der Waals surface area contributed by atoms with E-state index in [-0.39, 0.29) is 22.5 Å². The van der Waals surface area contributed by atoms with E-state index in [2.05, 4.69) is 10.3 Å². The summed E-state index contributed by atoms with van der Waals surface area (Å²) in [7, 11) is 3.33. The number of hydrogen-bond acceptors (Lipinski definition) is 7. The van der Waals surface area contributed by atoms with Gasteiger partial charge in [-0.15, -0.1) is 0 Å². The Hall–Kier alpha value is -5.39. The molecule has 2 aliphatic rings. The van der Waals surface area contributed by atoms with Gasteiger partial charge in [0.15, 0.2) is 0 Å². The molecule has 3 N–H and O–H groups in total. The molecule has 2 atom stereocenters. The van der Waals surface area contributed by atoms with Crippen molar-refractivity contribution in [3.05, 3.63) is 123 Å². The summed E-state index contributed by atoms with van der Waals surface area (Å²) in [5.41, 5.74) is 2.27. The van der Waals surface area contributed by atoms with Gasteiger partial charge in [0.2, 0.25) is 5.91 Å². The zero-order valence-electron chi connectivity index (χ0n) is 29.5. The summed E-state index contributed by atoms with van der Waals surface area (Å²) in [5.74, 6) is 0.110. The minimum atomic E-state index is -0.632. The van der Waals surface area contributed by atoms with E-state index in [0.717, 1.165) is 18.4 Å². The molecule has 0 saturated heterocycles. The predicted octanol–water partition coefficient (Wildman–Crippen LogP) is 6.46. The van der Waals surface area contributed by atoms with Crippen molar-refractivity contribution in [1.29, 1.82) is 0 Å². The lowest BCUT2D eigenvalue weighted by Crippen LogP contribution is -2.41. The zero-order valence-corrected chi connectivity index (χ0v) is 29.5. The van der Waals surface area contributed by atoms with Crippen LogP contribution in [0, 0.1) is 11.2 Å². The summed E-state index contributed by atoms with van der Waals surface area (Å²) in [6.07, 6.45) is 12.5. The molecule has 10 nitrogen and oxygen atoms in total. The van der Waals surface area contributed by atoms with E-state index in [1.165, 1.54) is 15.2 Å². The number of rotatable bonds is 8. The van der Waals surface area contributed by atoms with Crippen molar-refractivity contribution in [3.8, 4) is 16.8 Å². The average Bonchev–Trinajstić information content (AvgIpc) is 3.99. The number of hydrogen-bond donors (Lipinski definition) is 3. The van der Waals surface area contributed by atoms with Gasteiger partial charge >= 0.3 is 0 Å². The van der Waals surface area contributed by atoms with Crippen LogP contribution in [-0.4, -0.2) is 43.4 Å². The molecule has 52 heavy (non-hydrogen) atoms. The Morgan fingerprint density at radius 2 is 1.88 bits per heavy atom. The second-order valence-corrected chi connectivity index (χ2v) is 14.3. The Labute approximate surface area is 300 Å². The number of fused-ring (bicyclic) bond motifs is 1. The number of aliphatic hydroxyl groups excluding tert-OH is 2. The van der Waals surface area contributed by atoms with Crippen LogP contribution in [0.2, 0.25) is 0 Å². The molecule has 2 aliphatic carbocycles. The molecule has 1 saturated carbocycles. The van der Waals surface area contributed by atoms with Gasteiger partial charge < -0.3 is 25.0 Å². The molecule has 11 heteroatoms. The summed E-state index contributed by atoms with van der Waals surface area (Å²) < 4.78 is 18.1. The lowest BCUT2D eigenvalue weighted by atomic mass is 9.77. The second kappa shape index (κ2) is 14.0. The van der Waals surface area contributed by atoms with Crippen molar-refractivity contribution in [1.82, 2.24) is 14.1 Å². The van der Waals surface area contributed by atoms with Gasteiger partial charge in [0.1, 0.15) is 17.3 Å². The van der Waals surface area contributed by atoms with Crippen molar-refractivity contribution in [3.63, 3.8) is 0 Å². The van der Waals surface area contributed by atoms with Gasteiger partial charge in [-0.2, -0.15) is 0 Å². The molecule has 1 fully saturated rings. The molecule has 268 valence electrons. The molecule has 1 amide bonds. The van der Waals surface area contributed by atoms with Crippen LogP contribution in [0.5, 0.6) is 0 Å². The summed E-state index contributed by atoms with van der Waals surface area (Å²) in [6.45, 7) is 1.52. The van der Waals surface area contributed by atoms with Crippen LogP contribution >= 0.6 is 0 Å². The van der Waals surface area contributed by atoms with Gasteiger partial charge in [-0.1, -0.05) is 37.3 Å². The third-order valence-corrected chi connectivity index (χ3v) is 10.5. The highest BCUT2D eigenvalue weighted by molar-refractivity contribution is 5.97. The smallest absolute Gasteiger partial charge is 0.274 e. The number of anilines is 3. The van der Waals surface area contributed by atoms with E-state index in [1.54, 1.807) is 86.1 Å². The fourth-order valence-electron chi connectivity index (χ4n) is 7.25. The summed E-state index contributed by atoms with van der Waals surface area (Å²) in [6, 6.07) is 15.4. The molecular weight excluding hydrogens is 661 g/mol. The van der Waals surface area contributed by atoms with Gasteiger partial charge in [-0.3, -0.25) is 19.0 Å². The topological polar surface area (TPSA) is 130 Å². The maximum absolute atomic E-state index is 15.3. The highest BCUT2D eigenvalue weighted by Gasteiger charge is 2.36. The van der Waals surface area contributed by atoms with E-state index in [1.807, 2.05) is 19.1 Å². The van der Waals surface area contributed by atoms with Gasteiger partial charge in [0.25, 0.3) is 11.1 Å².